The Balaban J connectivity index is 2.14. The molecule has 0 saturated heterocycles. The summed E-state index contributed by atoms with van der Waals surface area (Å²) >= 11 is 0. The van der Waals surface area contributed by atoms with Crippen LogP contribution in [0.2, 0.25) is 0 Å². The number of hydrogen-bond acceptors (Lipinski definition) is 3. The monoisotopic (exact) mass is 277 g/mol. The van der Waals surface area contributed by atoms with Gasteiger partial charge in [0.05, 0.1) is 18.8 Å². The van der Waals surface area contributed by atoms with E-state index in [1.165, 1.54) is 6.42 Å². The Morgan fingerprint density at radius 2 is 2.00 bits per heavy atom. The molecule has 1 saturated carbocycles. The quantitative estimate of drug-likeness (QED) is 0.868. The lowest BCUT2D eigenvalue weighted by Gasteiger charge is -2.36. The first-order valence-electron chi connectivity index (χ1n) is 7.21. The van der Waals surface area contributed by atoms with E-state index in [1.807, 2.05) is 18.2 Å². The van der Waals surface area contributed by atoms with Gasteiger partial charge in [0.25, 0.3) is 5.91 Å². The van der Waals surface area contributed by atoms with E-state index in [4.69, 9.17) is 4.74 Å². The van der Waals surface area contributed by atoms with Crippen LogP contribution in [0.3, 0.4) is 0 Å². The highest BCUT2D eigenvalue weighted by Crippen LogP contribution is 2.28. The number of rotatable bonds is 5. The second kappa shape index (κ2) is 6.86. The smallest absolute Gasteiger partial charge is 0.252 e. The molecule has 0 unspecified atom stereocenters. The number of benzene rings is 1. The van der Waals surface area contributed by atoms with Gasteiger partial charge in [-0.05, 0) is 24.5 Å². The minimum Gasteiger partial charge on any atom is -0.394 e. The molecule has 1 aliphatic carbocycles. The lowest BCUT2D eigenvalue weighted by molar-refractivity contribution is 0.0754. The zero-order valence-corrected chi connectivity index (χ0v) is 12.0. The first-order valence-corrected chi connectivity index (χ1v) is 7.21. The maximum Gasteiger partial charge on any atom is 0.252 e. The standard InChI is InChI=1S/C16H23NO3/c1-20-11-13-7-3-4-8-14(13)15(19)17-16(12-18)9-5-2-6-10-16/h3-4,7-8,18H,2,5-6,9-12H2,1H3,(H,17,19). The van der Waals surface area contributed by atoms with Gasteiger partial charge < -0.3 is 15.2 Å². The highest BCUT2D eigenvalue weighted by atomic mass is 16.5. The van der Waals surface area contributed by atoms with Crippen molar-refractivity contribution in [2.45, 2.75) is 44.2 Å². The van der Waals surface area contributed by atoms with Gasteiger partial charge in [-0.15, -0.1) is 0 Å². The van der Waals surface area contributed by atoms with Crippen molar-refractivity contribution >= 4 is 5.91 Å². The molecule has 0 heterocycles. The minimum absolute atomic E-state index is 0.00514. The van der Waals surface area contributed by atoms with Gasteiger partial charge in [-0.1, -0.05) is 37.5 Å². The number of aliphatic hydroxyl groups is 1. The molecule has 1 amide bonds. The number of ether oxygens (including phenoxy) is 1. The molecule has 0 radical (unpaired) electrons. The van der Waals surface area contributed by atoms with Crippen molar-refractivity contribution in [2.24, 2.45) is 0 Å². The van der Waals surface area contributed by atoms with Gasteiger partial charge in [0.1, 0.15) is 0 Å². The van der Waals surface area contributed by atoms with E-state index in [1.54, 1.807) is 13.2 Å². The van der Waals surface area contributed by atoms with Crippen LogP contribution in [0.1, 0.15) is 48.0 Å². The zero-order valence-electron chi connectivity index (χ0n) is 12.0. The van der Waals surface area contributed by atoms with Crippen molar-refractivity contribution in [1.82, 2.24) is 5.32 Å². The fourth-order valence-electron chi connectivity index (χ4n) is 2.88. The third-order valence-corrected chi connectivity index (χ3v) is 4.05. The predicted octanol–water partition coefficient (Wildman–Crippen LogP) is 2.26. The number of nitrogens with one attached hydrogen (secondary N) is 1. The molecule has 1 aliphatic rings. The fraction of sp³-hybridized carbons (Fsp3) is 0.562. The first kappa shape index (κ1) is 15.0. The van der Waals surface area contributed by atoms with Crippen LogP contribution in [0.4, 0.5) is 0 Å². The molecule has 2 N–H and O–H groups in total. The number of carbonyl (C=O) groups is 1. The highest BCUT2D eigenvalue weighted by molar-refractivity contribution is 5.96. The molecule has 1 aromatic rings. The summed E-state index contributed by atoms with van der Waals surface area (Å²) in [7, 11) is 1.62. The summed E-state index contributed by atoms with van der Waals surface area (Å²) in [5.74, 6) is -0.117. The van der Waals surface area contributed by atoms with Gasteiger partial charge >= 0.3 is 0 Å². The molecule has 20 heavy (non-hydrogen) atoms. The molecule has 0 spiro atoms. The average molecular weight is 277 g/mol. The molecule has 0 atom stereocenters. The van der Waals surface area contributed by atoms with Crippen LogP contribution in [-0.4, -0.2) is 30.3 Å². The molecular formula is C16H23NO3. The minimum atomic E-state index is -0.449. The Morgan fingerprint density at radius 3 is 2.65 bits per heavy atom. The molecule has 4 nitrogen and oxygen atoms in total. The molecule has 1 fully saturated rings. The summed E-state index contributed by atoms with van der Waals surface area (Å²) in [5.41, 5.74) is 1.05. The van der Waals surface area contributed by atoms with Gasteiger partial charge in [-0.25, -0.2) is 0 Å². The van der Waals surface area contributed by atoms with Crippen LogP contribution < -0.4 is 5.32 Å². The van der Waals surface area contributed by atoms with E-state index in [0.717, 1.165) is 31.2 Å². The molecule has 0 aliphatic heterocycles. The lowest BCUT2D eigenvalue weighted by Crippen LogP contribution is -2.52. The van der Waals surface area contributed by atoms with Crippen LogP contribution in [0.5, 0.6) is 0 Å². The average Bonchev–Trinajstić information content (AvgIpc) is 2.49. The van der Waals surface area contributed by atoms with Gasteiger partial charge in [-0.2, -0.15) is 0 Å². The van der Waals surface area contributed by atoms with Crippen LogP contribution in [0, 0.1) is 0 Å². The van der Waals surface area contributed by atoms with Crippen LogP contribution in [0.25, 0.3) is 0 Å². The van der Waals surface area contributed by atoms with Crippen LogP contribution in [-0.2, 0) is 11.3 Å². The predicted molar refractivity (Wildman–Crippen MR) is 77.5 cm³/mol. The number of carbonyl (C=O) groups excluding carboxylic acids is 1. The molecule has 110 valence electrons. The van der Waals surface area contributed by atoms with Crippen LogP contribution >= 0.6 is 0 Å². The van der Waals surface area contributed by atoms with E-state index in [0.29, 0.717) is 12.2 Å². The first-order chi connectivity index (χ1) is 9.71. The van der Waals surface area contributed by atoms with E-state index in [9.17, 15) is 9.90 Å². The Morgan fingerprint density at radius 1 is 1.30 bits per heavy atom. The van der Waals surface area contributed by atoms with E-state index in [2.05, 4.69) is 5.32 Å². The number of hydrogen-bond donors (Lipinski definition) is 2. The Hall–Kier alpha value is -1.39. The van der Waals surface area contributed by atoms with E-state index in [-0.39, 0.29) is 12.5 Å². The maximum absolute atomic E-state index is 12.5. The van der Waals surface area contributed by atoms with Crippen molar-refractivity contribution in [3.63, 3.8) is 0 Å². The molecule has 4 heteroatoms. The van der Waals surface area contributed by atoms with Crippen LogP contribution in [0.15, 0.2) is 24.3 Å². The zero-order chi connectivity index (χ0) is 14.4. The molecule has 0 aromatic heterocycles. The molecular weight excluding hydrogens is 254 g/mol. The third-order valence-electron chi connectivity index (χ3n) is 4.05. The van der Waals surface area contributed by atoms with Crippen molar-refractivity contribution in [2.75, 3.05) is 13.7 Å². The van der Waals surface area contributed by atoms with E-state index < -0.39 is 5.54 Å². The molecule has 0 bridgehead atoms. The highest BCUT2D eigenvalue weighted by Gasteiger charge is 2.33. The SMILES string of the molecule is COCc1ccccc1C(=O)NC1(CO)CCCCC1. The van der Waals surface area contributed by atoms with Gasteiger partial charge in [0.15, 0.2) is 0 Å². The summed E-state index contributed by atoms with van der Waals surface area (Å²) in [6.45, 7) is 0.418. The van der Waals surface area contributed by atoms with E-state index >= 15 is 0 Å². The number of amides is 1. The van der Waals surface area contributed by atoms with Gasteiger partial charge in [0.2, 0.25) is 0 Å². The third kappa shape index (κ3) is 3.38. The Bertz CT molecular complexity index is 453. The number of methoxy groups -OCH3 is 1. The summed E-state index contributed by atoms with van der Waals surface area (Å²) in [4.78, 5) is 12.5. The summed E-state index contributed by atoms with van der Waals surface area (Å²) in [5, 5.41) is 12.7. The van der Waals surface area contributed by atoms with Gasteiger partial charge in [0, 0.05) is 12.7 Å². The Labute approximate surface area is 120 Å². The van der Waals surface area contributed by atoms with Gasteiger partial charge in [-0.3, -0.25) is 4.79 Å². The lowest BCUT2D eigenvalue weighted by atomic mass is 9.82. The summed E-state index contributed by atoms with van der Waals surface area (Å²) in [6.07, 6.45) is 4.99. The maximum atomic E-state index is 12.5. The normalized spacial score (nSPS) is 17.7. The van der Waals surface area contributed by atoms with Crippen molar-refractivity contribution in [3.8, 4) is 0 Å². The number of aliphatic hydroxyl groups excluding tert-OH is 1. The fourth-order valence-corrected chi connectivity index (χ4v) is 2.88. The molecule has 1 aromatic carbocycles. The summed E-state index contributed by atoms with van der Waals surface area (Å²) in [6, 6.07) is 7.44. The summed E-state index contributed by atoms with van der Waals surface area (Å²) < 4.78 is 5.13. The second-order valence-corrected chi connectivity index (χ2v) is 5.54. The Kier molecular flexibility index (Phi) is 5.15. The topological polar surface area (TPSA) is 58.6 Å². The van der Waals surface area contributed by atoms with Crippen molar-refractivity contribution in [3.05, 3.63) is 35.4 Å². The molecule has 2 rings (SSSR count). The largest absolute Gasteiger partial charge is 0.394 e. The van der Waals surface area contributed by atoms with Crippen molar-refractivity contribution in [1.29, 1.82) is 0 Å². The second-order valence-electron chi connectivity index (χ2n) is 5.54. The van der Waals surface area contributed by atoms with Crippen molar-refractivity contribution < 1.29 is 14.6 Å².